The molecule has 0 aliphatic heterocycles. The zero-order valence-corrected chi connectivity index (χ0v) is 15.4. The molecule has 1 amide bonds. The van der Waals surface area contributed by atoms with Gasteiger partial charge in [-0.3, -0.25) is 4.79 Å². The number of ether oxygens (including phenoxy) is 1. The summed E-state index contributed by atoms with van der Waals surface area (Å²) in [5.74, 6) is 0.306. The molecule has 0 unspecified atom stereocenters. The van der Waals surface area contributed by atoms with Gasteiger partial charge in [-0.05, 0) is 30.7 Å². The molecule has 0 heterocycles. The molecule has 0 bridgehead atoms. The Morgan fingerprint density at radius 3 is 2.43 bits per heavy atom. The largest absolute Gasteiger partial charge is 0.466 e. The predicted molar refractivity (Wildman–Crippen MR) is 91.1 cm³/mol. The van der Waals surface area contributed by atoms with Crippen LogP contribution in [0.5, 0.6) is 5.75 Å². The molecule has 3 nitrogen and oxygen atoms in total. The lowest BCUT2D eigenvalue weighted by molar-refractivity contribution is -0.123. The second-order valence-corrected chi connectivity index (χ2v) is 7.80. The second-order valence-electron chi connectivity index (χ2n) is 4.52. The summed E-state index contributed by atoms with van der Waals surface area (Å²) in [5.41, 5.74) is 0. The highest BCUT2D eigenvalue weighted by Crippen LogP contribution is 2.32. The van der Waals surface area contributed by atoms with Crippen LogP contribution in [0, 0.1) is 0 Å². The third-order valence-corrected chi connectivity index (χ3v) is 3.79. The highest BCUT2D eigenvalue weighted by molar-refractivity contribution is 9.10. The summed E-state index contributed by atoms with van der Waals surface area (Å²) < 4.78 is 4.71. The standard InChI is InChI=1S/C14H17BrCl3NO2/c1-2-3-4-5-12(20)19-13(14(16,17)18)21-11-8-6-10(15)7-9-11/h6-9,13H,2-5H2,1H3,(H,19,20)/t13-/m1/s1. The van der Waals surface area contributed by atoms with Crippen LogP contribution >= 0.6 is 50.7 Å². The smallest absolute Gasteiger partial charge is 0.246 e. The Morgan fingerprint density at radius 2 is 1.90 bits per heavy atom. The predicted octanol–water partition coefficient (Wildman–Crippen LogP) is 5.22. The summed E-state index contributed by atoms with van der Waals surface area (Å²) in [6.07, 6.45) is 2.16. The molecule has 1 atom stereocenters. The van der Waals surface area contributed by atoms with Gasteiger partial charge in [0, 0.05) is 10.9 Å². The van der Waals surface area contributed by atoms with E-state index in [1.165, 1.54) is 0 Å². The van der Waals surface area contributed by atoms with Crippen molar-refractivity contribution in [2.45, 2.75) is 42.6 Å². The van der Waals surface area contributed by atoms with Crippen LogP contribution in [0.2, 0.25) is 0 Å². The molecule has 7 heteroatoms. The van der Waals surface area contributed by atoms with Gasteiger partial charge in [0.25, 0.3) is 0 Å². The molecule has 0 aliphatic rings. The van der Waals surface area contributed by atoms with E-state index in [1.807, 2.05) is 0 Å². The van der Waals surface area contributed by atoms with E-state index in [2.05, 4.69) is 28.2 Å². The quantitative estimate of drug-likeness (QED) is 0.375. The lowest BCUT2D eigenvalue weighted by Crippen LogP contribution is -2.47. The molecule has 0 fully saturated rings. The Bertz CT molecular complexity index is 449. The van der Waals surface area contributed by atoms with E-state index in [1.54, 1.807) is 24.3 Å². The van der Waals surface area contributed by atoms with Gasteiger partial charge in [0.15, 0.2) is 0 Å². The number of carbonyl (C=O) groups is 1. The topological polar surface area (TPSA) is 38.3 Å². The first-order valence-corrected chi connectivity index (χ1v) is 8.54. The molecule has 1 aromatic rings. The van der Waals surface area contributed by atoms with Gasteiger partial charge in [-0.25, -0.2) is 0 Å². The van der Waals surface area contributed by atoms with Gasteiger partial charge in [-0.2, -0.15) is 0 Å². The second kappa shape index (κ2) is 9.09. The molecule has 1 rings (SSSR count). The molecule has 0 aromatic heterocycles. The summed E-state index contributed by atoms with van der Waals surface area (Å²) in [5, 5.41) is 2.61. The first kappa shape index (κ1) is 18.9. The fraction of sp³-hybridized carbons (Fsp3) is 0.500. The van der Waals surface area contributed by atoms with Crippen LogP contribution in [0.1, 0.15) is 32.6 Å². The van der Waals surface area contributed by atoms with E-state index >= 15 is 0 Å². The Balaban J connectivity index is 2.64. The third kappa shape index (κ3) is 7.59. The van der Waals surface area contributed by atoms with Crippen molar-refractivity contribution in [2.75, 3.05) is 0 Å². The third-order valence-electron chi connectivity index (χ3n) is 2.66. The summed E-state index contributed by atoms with van der Waals surface area (Å²) in [4.78, 5) is 11.8. The molecule has 21 heavy (non-hydrogen) atoms. The Labute approximate surface area is 148 Å². The van der Waals surface area contributed by atoms with Gasteiger partial charge in [-0.15, -0.1) is 0 Å². The van der Waals surface area contributed by atoms with Gasteiger partial charge < -0.3 is 10.1 Å². The monoisotopic (exact) mass is 415 g/mol. The molecule has 0 saturated carbocycles. The van der Waals surface area contributed by atoms with E-state index < -0.39 is 10.0 Å². The highest BCUT2D eigenvalue weighted by Gasteiger charge is 2.36. The summed E-state index contributed by atoms with van der Waals surface area (Å²) >= 11 is 20.9. The maximum absolute atomic E-state index is 11.8. The van der Waals surface area contributed by atoms with Gasteiger partial charge in [0.1, 0.15) is 5.75 Å². The molecule has 1 N–H and O–H groups in total. The maximum atomic E-state index is 11.8. The zero-order valence-electron chi connectivity index (χ0n) is 11.5. The average molecular weight is 418 g/mol. The van der Waals surface area contributed by atoms with E-state index in [9.17, 15) is 4.79 Å². The Hall–Kier alpha value is -0.160. The number of hydrogen-bond donors (Lipinski definition) is 1. The van der Waals surface area contributed by atoms with Crippen molar-refractivity contribution in [1.82, 2.24) is 5.32 Å². The van der Waals surface area contributed by atoms with E-state index in [4.69, 9.17) is 39.5 Å². The van der Waals surface area contributed by atoms with Crippen molar-refractivity contribution in [3.63, 3.8) is 0 Å². The number of carbonyl (C=O) groups excluding carboxylic acids is 1. The molecule has 118 valence electrons. The van der Waals surface area contributed by atoms with Crippen LogP contribution in [0.3, 0.4) is 0 Å². The summed E-state index contributed by atoms with van der Waals surface area (Å²) in [7, 11) is 0. The lowest BCUT2D eigenvalue weighted by Gasteiger charge is -2.26. The minimum absolute atomic E-state index is 0.197. The fourth-order valence-electron chi connectivity index (χ4n) is 1.58. The van der Waals surface area contributed by atoms with Gasteiger partial charge in [-0.1, -0.05) is 70.5 Å². The van der Waals surface area contributed by atoms with E-state index in [-0.39, 0.29) is 5.91 Å². The average Bonchev–Trinajstić information content (AvgIpc) is 2.40. The number of unbranched alkanes of at least 4 members (excludes halogenated alkanes) is 2. The van der Waals surface area contributed by atoms with Crippen LogP contribution in [0.4, 0.5) is 0 Å². The van der Waals surface area contributed by atoms with Crippen molar-refractivity contribution in [1.29, 1.82) is 0 Å². The molecule has 0 radical (unpaired) electrons. The van der Waals surface area contributed by atoms with E-state index in [0.29, 0.717) is 12.2 Å². The van der Waals surface area contributed by atoms with Gasteiger partial charge >= 0.3 is 0 Å². The van der Waals surface area contributed by atoms with Crippen molar-refractivity contribution in [3.05, 3.63) is 28.7 Å². The normalized spacial score (nSPS) is 12.8. The van der Waals surface area contributed by atoms with Crippen molar-refractivity contribution >= 4 is 56.6 Å². The lowest BCUT2D eigenvalue weighted by atomic mass is 10.2. The first-order valence-electron chi connectivity index (χ1n) is 6.61. The Kier molecular flexibility index (Phi) is 8.17. The van der Waals surface area contributed by atoms with Crippen LogP contribution in [-0.4, -0.2) is 15.9 Å². The zero-order chi connectivity index (χ0) is 15.9. The van der Waals surface area contributed by atoms with Crippen molar-refractivity contribution < 1.29 is 9.53 Å². The molecule has 1 aromatic carbocycles. The van der Waals surface area contributed by atoms with Crippen LogP contribution < -0.4 is 10.1 Å². The number of benzene rings is 1. The number of hydrogen-bond acceptors (Lipinski definition) is 2. The SMILES string of the molecule is CCCCCC(=O)N[C@H](Oc1ccc(Br)cc1)C(Cl)(Cl)Cl. The van der Waals surface area contributed by atoms with Gasteiger partial charge in [0.05, 0.1) is 0 Å². The molecule has 0 spiro atoms. The first-order chi connectivity index (χ1) is 9.82. The summed E-state index contributed by atoms with van der Waals surface area (Å²) in [6.45, 7) is 2.07. The Morgan fingerprint density at radius 1 is 1.29 bits per heavy atom. The molecular formula is C14H17BrCl3NO2. The number of amides is 1. The minimum Gasteiger partial charge on any atom is -0.466 e. The van der Waals surface area contributed by atoms with Crippen LogP contribution in [0.15, 0.2) is 28.7 Å². The van der Waals surface area contributed by atoms with Crippen LogP contribution in [0.25, 0.3) is 0 Å². The number of halogens is 4. The van der Waals surface area contributed by atoms with E-state index in [0.717, 1.165) is 23.7 Å². The maximum Gasteiger partial charge on any atom is 0.246 e. The fourth-order valence-corrected chi connectivity index (χ4v) is 2.14. The minimum atomic E-state index is -1.76. The number of rotatable bonds is 7. The molecule has 0 saturated heterocycles. The van der Waals surface area contributed by atoms with Crippen molar-refractivity contribution in [2.24, 2.45) is 0 Å². The summed E-state index contributed by atoms with van der Waals surface area (Å²) in [6, 6.07) is 7.04. The van der Waals surface area contributed by atoms with Crippen LogP contribution in [-0.2, 0) is 4.79 Å². The molecule has 0 aliphatic carbocycles. The molecular weight excluding hydrogens is 400 g/mol. The highest BCUT2D eigenvalue weighted by atomic mass is 79.9. The number of nitrogens with one attached hydrogen (secondary N) is 1. The van der Waals surface area contributed by atoms with Gasteiger partial charge in [0.2, 0.25) is 15.9 Å². The number of alkyl halides is 3. The van der Waals surface area contributed by atoms with Crippen molar-refractivity contribution in [3.8, 4) is 5.75 Å².